The van der Waals surface area contributed by atoms with Crippen LogP contribution in [0.3, 0.4) is 0 Å². The summed E-state index contributed by atoms with van der Waals surface area (Å²) in [6.07, 6.45) is 1.16. The van der Waals surface area contributed by atoms with Gasteiger partial charge in [-0.05, 0) is 45.0 Å². The maximum absolute atomic E-state index is 6.03. The van der Waals surface area contributed by atoms with Crippen molar-refractivity contribution in [3.63, 3.8) is 0 Å². The SMILES string of the molecule is CCCNCc1oc(CN2CCN(CC)C(C)C2)cc1C. The second kappa shape index (κ2) is 7.97. The molecule has 0 aromatic carbocycles. The molecule has 0 spiro atoms. The van der Waals surface area contributed by atoms with E-state index in [0.717, 1.165) is 57.2 Å². The molecule has 120 valence electrons. The molecule has 1 N–H and O–H groups in total. The highest BCUT2D eigenvalue weighted by atomic mass is 16.3. The van der Waals surface area contributed by atoms with E-state index >= 15 is 0 Å². The molecule has 1 unspecified atom stereocenters. The lowest BCUT2D eigenvalue weighted by Gasteiger charge is -2.38. The molecule has 2 heterocycles. The van der Waals surface area contributed by atoms with Crippen LogP contribution < -0.4 is 5.32 Å². The van der Waals surface area contributed by atoms with Crippen LogP contribution >= 0.6 is 0 Å². The molecule has 0 amide bonds. The lowest BCUT2D eigenvalue weighted by atomic mass is 10.2. The average Bonchev–Trinajstić information content (AvgIpc) is 2.79. The first-order valence-corrected chi connectivity index (χ1v) is 8.39. The van der Waals surface area contributed by atoms with Crippen LogP contribution in [-0.2, 0) is 13.1 Å². The maximum Gasteiger partial charge on any atom is 0.120 e. The van der Waals surface area contributed by atoms with E-state index in [9.17, 15) is 0 Å². The number of hydrogen-bond acceptors (Lipinski definition) is 4. The monoisotopic (exact) mass is 293 g/mol. The predicted octanol–water partition coefficient (Wildman–Crippen LogP) is 2.61. The molecule has 1 aliphatic rings. The molecule has 0 saturated carbocycles. The molecule has 1 saturated heterocycles. The van der Waals surface area contributed by atoms with Gasteiger partial charge in [0.2, 0.25) is 0 Å². The first kappa shape index (κ1) is 16.5. The second-order valence-electron chi connectivity index (χ2n) is 6.21. The van der Waals surface area contributed by atoms with Gasteiger partial charge < -0.3 is 9.73 Å². The first-order valence-electron chi connectivity index (χ1n) is 8.39. The zero-order valence-electron chi connectivity index (χ0n) is 14.1. The number of nitrogens with one attached hydrogen (secondary N) is 1. The fraction of sp³-hybridized carbons (Fsp3) is 0.765. The second-order valence-corrected chi connectivity index (χ2v) is 6.21. The Bertz CT molecular complexity index is 430. The van der Waals surface area contributed by atoms with Gasteiger partial charge in [0, 0.05) is 25.7 Å². The highest BCUT2D eigenvalue weighted by Crippen LogP contribution is 2.18. The van der Waals surface area contributed by atoms with Gasteiger partial charge in [-0.2, -0.15) is 0 Å². The summed E-state index contributed by atoms with van der Waals surface area (Å²) in [5.74, 6) is 2.21. The summed E-state index contributed by atoms with van der Waals surface area (Å²) in [5, 5.41) is 3.42. The Morgan fingerprint density at radius 3 is 2.81 bits per heavy atom. The summed E-state index contributed by atoms with van der Waals surface area (Å²) in [6.45, 7) is 16.3. The zero-order chi connectivity index (χ0) is 15.2. The van der Waals surface area contributed by atoms with E-state index in [0.29, 0.717) is 6.04 Å². The third-order valence-corrected chi connectivity index (χ3v) is 4.42. The molecular formula is C17H31N3O. The Morgan fingerprint density at radius 2 is 2.14 bits per heavy atom. The Kier molecular flexibility index (Phi) is 6.27. The van der Waals surface area contributed by atoms with Crippen molar-refractivity contribution in [2.24, 2.45) is 0 Å². The minimum Gasteiger partial charge on any atom is -0.463 e. The van der Waals surface area contributed by atoms with Gasteiger partial charge in [0.15, 0.2) is 0 Å². The third kappa shape index (κ3) is 4.56. The summed E-state index contributed by atoms with van der Waals surface area (Å²) in [7, 11) is 0. The van der Waals surface area contributed by atoms with Crippen LogP contribution in [0, 0.1) is 6.92 Å². The molecule has 1 aromatic heterocycles. The van der Waals surface area contributed by atoms with Crippen LogP contribution in [-0.4, -0.2) is 48.6 Å². The predicted molar refractivity (Wildman–Crippen MR) is 87.4 cm³/mol. The van der Waals surface area contributed by atoms with Crippen molar-refractivity contribution in [1.29, 1.82) is 0 Å². The molecule has 0 radical (unpaired) electrons. The first-order chi connectivity index (χ1) is 10.1. The van der Waals surface area contributed by atoms with E-state index in [1.807, 2.05) is 0 Å². The van der Waals surface area contributed by atoms with Crippen molar-refractivity contribution < 1.29 is 4.42 Å². The van der Waals surface area contributed by atoms with E-state index in [1.165, 1.54) is 12.1 Å². The lowest BCUT2D eigenvalue weighted by molar-refractivity contribution is 0.0787. The van der Waals surface area contributed by atoms with Crippen LogP contribution in [0.25, 0.3) is 0 Å². The van der Waals surface area contributed by atoms with E-state index in [-0.39, 0.29) is 0 Å². The van der Waals surface area contributed by atoms with Gasteiger partial charge in [0.1, 0.15) is 11.5 Å². The van der Waals surface area contributed by atoms with Crippen molar-refractivity contribution in [1.82, 2.24) is 15.1 Å². The minimum absolute atomic E-state index is 0.644. The van der Waals surface area contributed by atoms with Gasteiger partial charge in [-0.15, -0.1) is 0 Å². The number of furan rings is 1. The summed E-state index contributed by atoms with van der Waals surface area (Å²) >= 11 is 0. The topological polar surface area (TPSA) is 31.7 Å². The third-order valence-electron chi connectivity index (χ3n) is 4.42. The molecule has 1 fully saturated rings. The Hall–Kier alpha value is -0.840. The van der Waals surface area contributed by atoms with E-state index < -0.39 is 0 Å². The molecule has 21 heavy (non-hydrogen) atoms. The maximum atomic E-state index is 6.03. The van der Waals surface area contributed by atoms with Crippen molar-refractivity contribution in [2.75, 3.05) is 32.7 Å². The zero-order valence-corrected chi connectivity index (χ0v) is 14.1. The van der Waals surface area contributed by atoms with E-state index in [1.54, 1.807) is 0 Å². The Morgan fingerprint density at radius 1 is 1.33 bits per heavy atom. The number of likely N-dealkylation sites (N-methyl/N-ethyl adjacent to an activating group) is 1. The molecule has 1 aliphatic heterocycles. The van der Waals surface area contributed by atoms with Gasteiger partial charge in [-0.25, -0.2) is 0 Å². The number of hydrogen-bond donors (Lipinski definition) is 1. The summed E-state index contributed by atoms with van der Waals surface area (Å²) in [6, 6.07) is 2.85. The molecule has 2 rings (SSSR count). The van der Waals surface area contributed by atoms with E-state index in [4.69, 9.17) is 4.42 Å². The number of piperazine rings is 1. The largest absolute Gasteiger partial charge is 0.463 e. The summed E-state index contributed by atoms with van der Waals surface area (Å²) in [4.78, 5) is 5.06. The minimum atomic E-state index is 0.644. The van der Waals surface area contributed by atoms with Gasteiger partial charge in [0.25, 0.3) is 0 Å². The Labute approximate surface area is 129 Å². The average molecular weight is 293 g/mol. The molecule has 1 atom stereocenters. The number of aryl methyl sites for hydroxylation is 1. The molecule has 0 bridgehead atoms. The number of rotatable bonds is 7. The van der Waals surface area contributed by atoms with Gasteiger partial charge in [-0.3, -0.25) is 9.80 Å². The summed E-state index contributed by atoms with van der Waals surface area (Å²) < 4.78 is 6.03. The van der Waals surface area contributed by atoms with Crippen LogP contribution in [0.2, 0.25) is 0 Å². The van der Waals surface area contributed by atoms with Crippen molar-refractivity contribution in [3.05, 3.63) is 23.2 Å². The fourth-order valence-electron chi connectivity index (χ4n) is 3.13. The highest BCUT2D eigenvalue weighted by Gasteiger charge is 2.23. The smallest absolute Gasteiger partial charge is 0.120 e. The van der Waals surface area contributed by atoms with Crippen molar-refractivity contribution >= 4 is 0 Å². The lowest BCUT2D eigenvalue weighted by Crippen LogP contribution is -2.51. The molecular weight excluding hydrogens is 262 g/mol. The molecule has 1 aromatic rings. The normalized spacial score (nSPS) is 21.0. The number of nitrogens with zero attached hydrogens (tertiary/aromatic N) is 2. The fourth-order valence-corrected chi connectivity index (χ4v) is 3.13. The molecule has 4 nitrogen and oxygen atoms in total. The van der Waals surface area contributed by atoms with E-state index in [2.05, 4.69) is 48.9 Å². The highest BCUT2D eigenvalue weighted by molar-refractivity contribution is 5.20. The van der Waals surface area contributed by atoms with Crippen LogP contribution in [0.5, 0.6) is 0 Å². The quantitative estimate of drug-likeness (QED) is 0.783. The Balaban J connectivity index is 1.87. The molecule has 4 heteroatoms. The van der Waals surface area contributed by atoms with Crippen molar-refractivity contribution in [3.8, 4) is 0 Å². The standard InChI is InChI=1S/C17H31N3O/c1-5-7-18-11-17-14(3)10-16(21-17)13-19-8-9-20(6-2)15(4)12-19/h10,15,18H,5-9,11-13H2,1-4H3. The van der Waals surface area contributed by atoms with Crippen molar-refractivity contribution in [2.45, 2.75) is 53.2 Å². The van der Waals surface area contributed by atoms with Gasteiger partial charge in [0.05, 0.1) is 13.1 Å². The van der Waals surface area contributed by atoms with Crippen LogP contribution in [0.4, 0.5) is 0 Å². The summed E-state index contributed by atoms with van der Waals surface area (Å²) in [5.41, 5.74) is 1.27. The molecule has 0 aliphatic carbocycles. The van der Waals surface area contributed by atoms with Crippen LogP contribution in [0.15, 0.2) is 10.5 Å². The van der Waals surface area contributed by atoms with Gasteiger partial charge in [-0.1, -0.05) is 13.8 Å². The van der Waals surface area contributed by atoms with Crippen LogP contribution in [0.1, 0.15) is 44.3 Å². The van der Waals surface area contributed by atoms with Gasteiger partial charge >= 0.3 is 0 Å².